The summed E-state index contributed by atoms with van der Waals surface area (Å²) in [5.41, 5.74) is 0.609. The van der Waals surface area contributed by atoms with Gasteiger partial charge in [0, 0.05) is 0 Å². The largest absolute Gasteiger partial charge is 0.131 e. The number of hydrogen-bond acceptors (Lipinski definition) is 0. The molecular weight excluding hydrogens is 103 g/mol. The Morgan fingerprint density at radius 1 is 1.29 bits per heavy atom. The maximum absolute atomic E-state index is 2.90. The first-order valence-electron chi connectivity index (χ1n) is 2.75. The van der Waals surface area contributed by atoms with Crippen LogP contribution in [0.15, 0.2) is 0 Å². The SMILES string of the molecule is CC1(C)CC1(C)P. The first-order chi connectivity index (χ1) is 2.96. The van der Waals surface area contributed by atoms with Gasteiger partial charge in [-0.05, 0) is 17.0 Å². The Balaban J connectivity index is 2.59. The van der Waals surface area contributed by atoms with Crippen molar-refractivity contribution in [3.63, 3.8) is 0 Å². The van der Waals surface area contributed by atoms with E-state index in [9.17, 15) is 0 Å². The zero-order valence-electron chi connectivity index (χ0n) is 5.28. The molecule has 0 aromatic carbocycles. The molecule has 1 fully saturated rings. The van der Waals surface area contributed by atoms with Crippen molar-refractivity contribution in [2.24, 2.45) is 5.41 Å². The second-order valence-corrected chi connectivity index (χ2v) is 4.75. The van der Waals surface area contributed by atoms with Gasteiger partial charge in [-0.15, -0.1) is 9.24 Å². The number of hydrogen-bond donors (Lipinski definition) is 0. The van der Waals surface area contributed by atoms with E-state index in [2.05, 4.69) is 30.0 Å². The first-order valence-corrected chi connectivity index (χ1v) is 3.32. The van der Waals surface area contributed by atoms with Crippen LogP contribution in [0.1, 0.15) is 27.2 Å². The molecule has 2 unspecified atom stereocenters. The number of rotatable bonds is 0. The third-order valence-corrected chi connectivity index (χ3v) is 3.22. The van der Waals surface area contributed by atoms with Gasteiger partial charge < -0.3 is 0 Å². The topological polar surface area (TPSA) is 0 Å². The minimum Gasteiger partial charge on any atom is -0.131 e. The molecule has 0 heterocycles. The van der Waals surface area contributed by atoms with E-state index in [0.29, 0.717) is 10.6 Å². The predicted octanol–water partition coefficient (Wildman–Crippen LogP) is 2.05. The van der Waals surface area contributed by atoms with Crippen molar-refractivity contribution >= 4 is 9.24 Å². The van der Waals surface area contributed by atoms with E-state index in [1.165, 1.54) is 6.42 Å². The zero-order chi connectivity index (χ0) is 5.71. The van der Waals surface area contributed by atoms with Crippen LogP contribution in [-0.4, -0.2) is 5.16 Å². The summed E-state index contributed by atoms with van der Waals surface area (Å²) < 4.78 is 0. The molecule has 0 aliphatic heterocycles. The predicted molar refractivity (Wildman–Crippen MR) is 36.5 cm³/mol. The lowest BCUT2D eigenvalue weighted by atomic mass is 10.1. The second-order valence-electron chi connectivity index (χ2n) is 3.48. The quantitative estimate of drug-likeness (QED) is 0.425. The summed E-state index contributed by atoms with van der Waals surface area (Å²) >= 11 is 0. The van der Waals surface area contributed by atoms with Crippen LogP contribution in [0.4, 0.5) is 0 Å². The molecule has 0 aromatic rings. The Kier molecular flexibility index (Phi) is 0.836. The zero-order valence-corrected chi connectivity index (χ0v) is 6.44. The van der Waals surface area contributed by atoms with Crippen LogP contribution in [0.25, 0.3) is 0 Å². The fourth-order valence-electron chi connectivity index (χ4n) is 0.874. The van der Waals surface area contributed by atoms with E-state index in [4.69, 9.17) is 0 Å². The summed E-state index contributed by atoms with van der Waals surface area (Å²) in [5, 5.41) is 0.563. The van der Waals surface area contributed by atoms with E-state index in [1.807, 2.05) is 0 Å². The Labute approximate surface area is 47.9 Å². The molecule has 2 atom stereocenters. The lowest BCUT2D eigenvalue weighted by Gasteiger charge is -2.04. The molecule has 0 saturated heterocycles. The van der Waals surface area contributed by atoms with Crippen molar-refractivity contribution in [3.05, 3.63) is 0 Å². The lowest BCUT2D eigenvalue weighted by Crippen LogP contribution is -1.98. The fraction of sp³-hybridized carbons (Fsp3) is 1.00. The van der Waals surface area contributed by atoms with Gasteiger partial charge in [-0.2, -0.15) is 0 Å². The minimum atomic E-state index is 0.563. The highest BCUT2D eigenvalue weighted by Gasteiger charge is 2.53. The Bertz CT molecular complexity index is 80.4. The molecule has 0 amide bonds. The third-order valence-electron chi connectivity index (χ3n) is 2.23. The molecule has 0 N–H and O–H groups in total. The highest BCUT2D eigenvalue weighted by molar-refractivity contribution is 7.19. The van der Waals surface area contributed by atoms with Gasteiger partial charge in [0.15, 0.2) is 0 Å². The van der Waals surface area contributed by atoms with E-state index in [0.717, 1.165) is 0 Å². The van der Waals surface area contributed by atoms with Crippen molar-refractivity contribution in [2.75, 3.05) is 0 Å². The Morgan fingerprint density at radius 3 is 1.43 bits per heavy atom. The molecule has 1 rings (SSSR count). The normalized spacial score (nSPS) is 46.3. The van der Waals surface area contributed by atoms with Crippen LogP contribution in [0.2, 0.25) is 0 Å². The van der Waals surface area contributed by atoms with Gasteiger partial charge >= 0.3 is 0 Å². The molecule has 1 heteroatoms. The lowest BCUT2D eigenvalue weighted by molar-refractivity contribution is 0.607. The maximum atomic E-state index is 2.90. The summed E-state index contributed by atoms with van der Waals surface area (Å²) in [6.45, 7) is 6.90. The van der Waals surface area contributed by atoms with Crippen LogP contribution in [0.5, 0.6) is 0 Å². The van der Waals surface area contributed by atoms with Gasteiger partial charge in [0.2, 0.25) is 0 Å². The van der Waals surface area contributed by atoms with Crippen molar-refractivity contribution in [3.8, 4) is 0 Å². The van der Waals surface area contributed by atoms with Crippen LogP contribution in [-0.2, 0) is 0 Å². The van der Waals surface area contributed by atoms with Crippen molar-refractivity contribution in [1.82, 2.24) is 0 Å². The standard InChI is InChI=1S/C6H13P/c1-5(2)4-6(5,3)7/h4,7H2,1-3H3. The third kappa shape index (κ3) is 0.700. The van der Waals surface area contributed by atoms with Crippen LogP contribution in [0.3, 0.4) is 0 Å². The molecule has 1 aliphatic carbocycles. The highest BCUT2D eigenvalue weighted by Crippen LogP contribution is 2.61. The summed E-state index contributed by atoms with van der Waals surface area (Å²) in [7, 11) is 2.90. The first kappa shape index (κ1) is 5.56. The molecule has 0 radical (unpaired) electrons. The van der Waals surface area contributed by atoms with Gasteiger partial charge in [0.25, 0.3) is 0 Å². The molecule has 0 spiro atoms. The average molecular weight is 116 g/mol. The fourth-order valence-corrected chi connectivity index (χ4v) is 1.38. The van der Waals surface area contributed by atoms with Gasteiger partial charge in [0.1, 0.15) is 0 Å². The van der Waals surface area contributed by atoms with Crippen LogP contribution < -0.4 is 0 Å². The summed E-state index contributed by atoms with van der Waals surface area (Å²) in [5.74, 6) is 0. The van der Waals surface area contributed by atoms with Crippen molar-refractivity contribution in [2.45, 2.75) is 32.3 Å². The second kappa shape index (κ2) is 1.05. The molecule has 0 nitrogen and oxygen atoms in total. The molecule has 1 aliphatic rings. The summed E-state index contributed by atoms with van der Waals surface area (Å²) in [4.78, 5) is 0. The smallest absolute Gasteiger partial charge is 0.0122 e. The van der Waals surface area contributed by atoms with Crippen molar-refractivity contribution < 1.29 is 0 Å². The van der Waals surface area contributed by atoms with Crippen molar-refractivity contribution in [1.29, 1.82) is 0 Å². The van der Waals surface area contributed by atoms with Crippen LogP contribution in [0, 0.1) is 5.41 Å². The van der Waals surface area contributed by atoms with E-state index in [-0.39, 0.29) is 0 Å². The van der Waals surface area contributed by atoms with Gasteiger partial charge in [-0.25, -0.2) is 0 Å². The molecule has 7 heavy (non-hydrogen) atoms. The minimum absolute atomic E-state index is 0.563. The Hall–Kier alpha value is 0.430. The highest BCUT2D eigenvalue weighted by atomic mass is 31.0. The van der Waals surface area contributed by atoms with Gasteiger partial charge in [-0.3, -0.25) is 0 Å². The molecule has 0 aromatic heterocycles. The molecule has 0 bridgehead atoms. The molecular formula is C6H13P. The Morgan fingerprint density at radius 2 is 1.43 bits per heavy atom. The maximum Gasteiger partial charge on any atom is -0.0122 e. The van der Waals surface area contributed by atoms with Gasteiger partial charge in [0.05, 0.1) is 0 Å². The van der Waals surface area contributed by atoms with Gasteiger partial charge in [-0.1, -0.05) is 20.8 Å². The van der Waals surface area contributed by atoms with Crippen LogP contribution >= 0.6 is 9.24 Å². The van der Waals surface area contributed by atoms with E-state index >= 15 is 0 Å². The summed E-state index contributed by atoms with van der Waals surface area (Å²) in [6.07, 6.45) is 1.37. The van der Waals surface area contributed by atoms with E-state index < -0.39 is 0 Å². The van der Waals surface area contributed by atoms with E-state index in [1.54, 1.807) is 0 Å². The molecule has 42 valence electrons. The molecule has 1 saturated carbocycles. The average Bonchev–Trinajstić information content (AvgIpc) is 1.63. The monoisotopic (exact) mass is 116 g/mol. The summed E-state index contributed by atoms with van der Waals surface area (Å²) in [6, 6.07) is 0.